The van der Waals surface area contributed by atoms with E-state index in [1.165, 1.54) is 4.68 Å². The van der Waals surface area contributed by atoms with Crippen LogP contribution in [0.1, 0.15) is 32.1 Å². The van der Waals surface area contributed by atoms with Crippen LogP contribution < -0.4 is 0 Å². The van der Waals surface area contributed by atoms with Crippen LogP contribution in [0.15, 0.2) is 54.6 Å². The summed E-state index contributed by atoms with van der Waals surface area (Å²) in [6.07, 6.45) is 1.56. The Hall–Kier alpha value is -4.14. The quantitative estimate of drug-likeness (QED) is 0.372. The molecule has 1 aromatic heterocycles. The molecular formula is C20H15N5O4. The van der Waals surface area contributed by atoms with Crippen LogP contribution in [0.25, 0.3) is 11.8 Å². The van der Waals surface area contributed by atoms with Crippen molar-refractivity contribution in [1.29, 1.82) is 0 Å². The lowest BCUT2D eigenvalue weighted by Crippen LogP contribution is -2.33. The number of imide groups is 1. The minimum absolute atomic E-state index is 0.0512. The maximum absolute atomic E-state index is 12.8. The van der Waals surface area contributed by atoms with E-state index in [4.69, 9.17) is 4.74 Å². The Morgan fingerprint density at radius 1 is 1.00 bits per heavy atom. The number of carbonyl (C=O) groups excluding carboxylic acids is 3. The Morgan fingerprint density at radius 3 is 2.21 bits per heavy atom. The monoisotopic (exact) mass is 389 g/mol. The Labute approximate surface area is 165 Å². The van der Waals surface area contributed by atoms with E-state index < -0.39 is 24.5 Å². The first kappa shape index (κ1) is 18.2. The number of hydrogen-bond acceptors (Lipinski definition) is 7. The van der Waals surface area contributed by atoms with Crippen LogP contribution in [-0.4, -0.2) is 49.6 Å². The zero-order valence-corrected chi connectivity index (χ0v) is 15.3. The molecular weight excluding hydrogens is 374 g/mol. The van der Waals surface area contributed by atoms with Crippen molar-refractivity contribution in [3.8, 4) is 0 Å². The highest BCUT2D eigenvalue weighted by atomic mass is 16.5. The molecule has 144 valence electrons. The average molecular weight is 389 g/mol. The summed E-state index contributed by atoms with van der Waals surface area (Å²) in [5, 5.41) is 11.2. The van der Waals surface area contributed by atoms with Crippen molar-refractivity contribution in [2.45, 2.75) is 6.92 Å². The van der Waals surface area contributed by atoms with Gasteiger partial charge in [0.25, 0.3) is 11.8 Å². The smallest absolute Gasteiger partial charge is 0.358 e. The van der Waals surface area contributed by atoms with Crippen LogP contribution in [-0.2, 0) is 9.53 Å². The molecule has 0 atom stereocenters. The molecule has 0 saturated carbocycles. The number of hydrogen-bond donors (Lipinski definition) is 0. The predicted molar refractivity (Wildman–Crippen MR) is 101 cm³/mol. The van der Waals surface area contributed by atoms with Gasteiger partial charge in [-0.3, -0.25) is 9.59 Å². The highest BCUT2D eigenvalue weighted by Gasteiger charge is 2.36. The van der Waals surface area contributed by atoms with Crippen molar-refractivity contribution >= 4 is 29.6 Å². The van der Waals surface area contributed by atoms with Crippen LogP contribution >= 0.6 is 0 Å². The first-order chi connectivity index (χ1) is 14.1. The van der Waals surface area contributed by atoms with E-state index in [1.807, 2.05) is 18.2 Å². The molecule has 0 unspecified atom stereocenters. The van der Waals surface area contributed by atoms with Gasteiger partial charge in [0.1, 0.15) is 0 Å². The van der Waals surface area contributed by atoms with Crippen LogP contribution in [0.5, 0.6) is 0 Å². The molecule has 4 rings (SSSR count). The third-order valence-corrected chi connectivity index (χ3v) is 4.37. The van der Waals surface area contributed by atoms with Crippen molar-refractivity contribution in [3.05, 3.63) is 77.1 Å². The van der Waals surface area contributed by atoms with Crippen LogP contribution in [0.3, 0.4) is 0 Å². The number of esters is 1. The Kier molecular flexibility index (Phi) is 4.70. The highest BCUT2D eigenvalue weighted by molar-refractivity contribution is 6.21. The molecule has 0 fully saturated rings. The largest absolute Gasteiger partial charge is 0.439 e. The molecule has 0 bridgehead atoms. The number of ether oxygens (including phenoxy) is 1. The first-order valence-corrected chi connectivity index (χ1v) is 8.70. The van der Waals surface area contributed by atoms with E-state index in [9.17, 15) is 14.4 Å². The van der Waals surface area contributed by atoms with Gasteiger partial charge in [0.05, 0.1) is 11.1 Å². The van der Waals surface area contributed by atoms with Gasteiger partial charge in [-0.1, -0.05) is 42.5 Å². The Balaban J connectivity index is 1.57. The molecule has 0 radical (unpaired) electrons. The van der Waals surface area contributed by atoms with Gasteiger partial charge < -0.3 is 4.74 Å². The van der Waals surface area contributed by atoms with Crippen LogP contribution in [0, 0.1) is 6.92 Å². The van der Waals surface area contributed by atoms with Gasteiger partial charge in [-0.15, -0.1) is 5.10 Å². The van der Waals surface area contributed by atoms with E-state index in [-0.39, 0.29) is 16.8 Å². The molecule has 3 aromatic rings. The summed E-state index contributed by atoms with van der Waals surface area (Å²) in [4.78, 5) is 38.5. The topological polar surface area (TPSA) is 107 Å². The van der Waals surface area contributed by atoms with E-state index >= 15 is 0 Å². The van der Waals surface area contributed by atoms with Gasteiger partial charge in [0.2, 0.25) is 0 Å². The molecule has 0 N–H and O–H groups in total. The zero-order valence-electron chi connectivity index (χ0n) is 15.3. The molecule has 1 aliphatic heterocycles. The maximum Gasteiger partial charge on any atom is 0.358 e. The summed E-state index contributed by atoms with van der Waals surface area (Å²) in [6, 6.07) is 15.5. The normalized spacial score (nSPS) is 13.6. The van der Waals surface area contributed by atoms with Gasteiger partial charge >= 0.3 is 5.97 Å². The number of carbonyl (C=O) groups is 3. The molecule has 2 heterocycles. The maximum atomic E-state index is 12.8. The predicted octanol–water partition coefficient (Wildman–Crippen LogP) is 1.78. The second-order valence-electron chi connectivity index (χ2n) is 6.22. The lowest BCUT2D eigenvalue weighted by atomic mass is 10.1. The number of tetrazole rings is 1. The number of amides is 2. The number of nitrogens with zero attached hydrogens (tertiary/aromatic N) is 5. The molecule has 0 saturated heterocycles. The minimum Gasteiger partial charge on any atom is -0.439 e. The van der Waals surface area contributed by atoms with Crippen molar-refractivity contribution in [3.63, 3.8) is 0 Å². The highest BCUT2D eigenvalue weighted by Crippen LogP contribution is 2.22. The van der Waals surface area contributed by atoms with E-state index in [1.54, 1.807) is 49.4 Å². The lowest BCUT2D eigenvalue weighted by molar-refractivity contribution is -0.139. The summed E-state index contributed by atoms with van der Waals surface area (Å²) in [6.45, 7) is 1.12. The standard InChI is InChI=1S/C20H15N5O4/c1-13-21-22-23-25(13)17(11-14-7-3-2-4-8-14)20(28)29-12-24-18(26)15-9-5-6-10-16(15)19(24)27/h2-11H,12H2,1H3. The molecule has 2 aromatic carbocycles. The molecule has 9 nitrogen and oxygen atoms in total. The Bertz CT molecular complexity index is 1100. The van der Waals surface area contributed by atoms with Crippen molar-refractivity contribution in [2.75, 3.05) is 6.73 Å². The van der Waals surface area contributed by atoms with Gasteiger partial charge in [-0.05, 0) is 41.1 Å². The van der Waals surface area contributed by atoms with Crippen molar-refractivity contribution < 1.29 is 19.1 Å². The van der Waals surface area contributed by atoms with Crippen molar-refractivity contribution in [1.82, 2.24) is 25.1 Å². The molecule has 0 aliphatic carbocycles. The lowest BCUT2D eigenvalue weighted by Gasteiger charge is -2.15. The second kappa shape index (κ2) is 7.47. The van der Waals surface area contributed by atoms with Crippen LogP contribution in [0.4, 0.5) is 0 Å². The SMILES string of the molecule is Cc1nnnn1C(=Cc1ccccc1)C(=O)OCN1C(=O)c2ccccc2C1=O. The zero-order chi connectivity index (χ0) is 20.4. The summed E-state index contributed by atoms with van der Waals surface area (Å²) >= 11 is 0. The van der Waals surface area contributed by atoms with E-state index in [0.29, 0.717) is 5.82 Å². The molecule has 1 aliphatic rings. The van der Waals surface area contributed by atoms with E-state index in [0.717, 1.165) is 10.5 Å². The minimum atomic E-state index is -0.777. The molecule has 9 heteroatoms. The van der Waals surface area contributed by atoms with E-state index in [2.05, 4.69) is 15.5 Å². The fourth-order valence-corrected chi connectivity index (χ4v) is 2.92. The molecule has 2 amide bonds. The molecule has 29 heavy (non-hydrogen) atoms. The first-order valence-electron chi connectivity index (χ1n) is 8.70. The van der Waals surface area contributed by atoms with Gasteiger partial charge in [0, 0.05) is 0 Å². The third kappa shape index (κ3) is 3.41. The fourth-order valence-electron chi connectivity index (χ4n) is 2.92. The number of benzene rings is 2. The second-order valence-corrected chi connectivity index (χ2v) is 6.22. The van der Waals surface area contributed by atoms with Crippen LogP contribution in [0.2, 0.25) is 0 Å². The number of rotatable bonds is 5. The summed E-state index contributed by atoms with van der Waals surface area (Å²) < 4.78 is 6.51. The van der Waals surface area contributed by atoms with Gasteiger partial charge in [0.15, 0.2) is 18.3 Å². The number of aromatic nitrogens is 4. The van der Waals surface area contributed by atoms with Gasteiger partial charge in [-0.25, -0.2) is 9.69 Å². The summed E-state index contributed by atoms with van der Waals surface area (Å²) in [7, 11) is 0. The Morgan fingerprint density at radius 2 is 1.62 bits per heavy atom. The summed E-state index contributed by atoms with van der Waals surface area (Å²) in [5.74, 6) is -1.41. The van der Waals surface area contributed by atoms with Gasteiger partial charge in [-0.2, -0.15) is 4.68 Å². The summed E-state index contributed by atoms with van der Waals surface area (Å²) in [5.41, 5.74) is 1.35. The fraction of sp³-hybridized carbons (Fsp3) is 0.100. The molecule has 0 spiro atoms. The number of aryl methyl sites for hydroxylation is 1. The third-order valence-electron chi connectivity index (χ3n) is 4.37. The number of fused-ring (bicyclic) bond motifs is 1. The average Bonchev–Trinajstić information content (AvgIpc) is 3.27. The van der Waals surface area contributed by atoms with Crippen molar-refractivity contribution in [2.24, 2.45) is 0 Å².